The number of nitrogens with one attached hydrogen (secondary N) is 1. The molecule has 3 atom stereocenters. The smallest absolute Gasteiger partial charge is 0.407 e. The zero-order valence-electron chi connectivity index (χ0n) is 20.2. The van der Waals surface area contributed by atoms with E-state index >= 15 is 0 Å². The van der Waals surface area contributed by atoms with Gasteiger partial charge in [-0.3, -0.25) is 10.1 Å². The maximum atomic E-state index is 12.4. The Morgan fingerprint density at radius 3 is 2.21 bits per heavy atom. The minimum absolute atomic E-state index is 0.00372. The van der Waals surface area contributed by atoms with E-state index in [-0.39, 0.29) is 23.8 Å². The zero-order chi connectivity index (χ0) is 27.2. The van der Waals surface area contributed by atoms with E-state index in [1.165, 1.54) is 25.1 Å². The van der Waals surface area contributed by atoms with Gasteiger partial charge < -0.3 is 29.1 Å². The summed E-state index contributed by atoms with van der Waals surface area (Å²) in [6.07, 6.45) is -1.87. The molecule has 11 nitrogen and oxygen atoms in total. The maximum Gasteiger partial charge on any atom is 0.407 e. The lowest BCUT2D eigenvalue weighted by molar-refractivity contribution is -0.386. The summed E-state index contributed by atoms with van der Waals surface area (Å²) < 4.78 is 15.8. The number of aliphatic carboxylic acids is 1. The summed E-state index contributed by atoms with van der Waals surface area (Å²) in [5.74, 6) is -1.61. The molecular formula is C26H25N2O9P. The molecule has 0 aliphatic heterocycles. The number of ether oxygens (including phenoxy) is 1. The number of alkyl carbamates (subject to hydrolysis) is 1. The number of nitro groups is 1. The van der Waals surface area contributed by atoms with Gasteiger partial charge in [0.15, 0.2) is 6.04 Å². The van der Waals surface area contributed by atoms with Crippen molar-refractivity contribution < 1.29 is 38.3 Å². The summed E-state index contributed by atoms with van der Waals surface area (Å²) in [7, 11) is -2.61. The highest BCUT2D eigenvalue weighted by atomic mass is 31.2. The zero-order valence-corrected chi connectivity index (χ0v) is 21.1. The number of carbonyl (C=O) groups excluding carboxylic acids is 1. The predicted molar refractivity (Wildman–Crippen MR) is 137 cm³/mol. The molecule has 0 bridgehead atoms. The van der Waals surface area contributed by atoms with Gasteiger partial charge in [-0.15, -0.1) is 0 Å². The maximum absolute atomic E-state index is 12.4. The number of fused-ring (bicyclic) bond motifs is 3. The Labute approximate surface area is 219 Å². The van der Waals surface area contributed by atoms with Gasteiger partial charge in [-0.25, -0.2) is 9.59 Å². The molecule has 38 heavy (non-hydrogen) atoms. The lowest BCUT2D eigenvalue weighted by Gasteiger charge is -2.20. The lowest BCUT2D eigenvalue weighted by Crippen LogP contribution is -2.44. The SMILES string of the molecule is CC(OP(O)OCC(NC(=O)OCC1c2ccccc2-c2ccccc21)C(=O)O)c1ccccc1[N+](=O)[O-]. The molecule has 3 aromatic carbocycles. The van der Waals surface area contributed by atoms with Gasteiger partial charge in [-0.2, -0.15) is 0 Å². The third kappa shape index (κ3) is 6.15. The van der Waals surface area contributed by atoms with E-state index in [4.69, 9.17) is 13.8 Å². The second-order valence-corrected chi connectivity index (χ2v) is 9.40. The third-order valence-corrected chi connectivity index (χ3v) is 6.97. The van der Waals surface area contributed by atoms with Crippen LogP contribution in [0.4, 0.5) is 10.5 Å². The van der Waals surface area contributed by atoms with Crippen LogP contribution in [0, 0.1) is 10.1 Å². The van der Waals surface area contributed by atoms with E-state index in [2.05, 4.69) is 5.32 Å². The number of carbonyl (C=O) groups is 2. The van der Waals surface area contributed by atoms with E-state index in [9.17, 15) is 29.7 Å². The summed E-state index contributed by atoms with van der Waals surface area (Å²) >= 11 is 0. The Hall–Kier alpha value is -3.89. The molecule has 0 aromatic heterocycles. The Morgan fingerprint density at radius 2 is 1.61 bits per heavy atom. The number of rotatable bonds is 11. The van der Waals surface area contributed by atoms with E-state index in [0.717, 1.165) is 22.3 Å². The largest absolute Gasteiger partial charge is 0.480 e. The molecule has 198 valence electrons. The molecule has 1 aliphatic rings. The summed E-state index contributed by atoms with van der Waals surface area (Å²) in [5.41, 5.74) is 4.16. The van der Waals surface area contributed by atoms with E-state index < -0.39 is 44.3 Å². The highest BCUT2D eigenvalue weighted by molar-refractivity contribution is 7.40. The second kappa shape index (κ2) is 12.1. The van der Waals surface area contributed by atoms with Crippen molar-refractivity contribution in [2.45, 2.75) is 25.0 Å². The fraction of sp³-hybridized carbons (Fsp3) is 0.231. The normalized spacial score (nSPS) is 14.6. The number of nitrogens with zero attached hydrogens (tertiary/aromatic N) is 1. The summed E-state index contributed by atoms with van der Waals surface area (Å²) in [4.78, 5) is 44.9. The molecule has 3 aromatic rings. The van der Waals surface area contributed by atoms with Crippen LogP contribution in [0.25, 0.3) is 11.1 Å². The second-order valence-electron chi connectivity index (χ2n) is 8.46. The van der Waals surface area contributed by atoms with Crippen molar-refractivity contribution in [2.24, 2.45) is 0 Å². The number of para-hydroxylation sites is 1. The van der Waals surface area contributed by atoms with Crippen LogP contribution >= 0.6 is 8.60 Å². The highest BCUT2D eigenvalue weighted by Gasteiger charge is 2.30. The van der Waals surface area contributed by atoms with Crippen molar-refractivity contribution >= 4 is 26.4 Å². The molecule has 3 N–H and O–H groups in total. The average Bonchev–Trinajstić information content (AvgIpc) is 3.23. The Balaban J connectivity index is 1.31. The number of benzene rings is 3. The molecule has 0 heterocycles. The van der Waals surface area contributed by atoms with Crippen LogP contribution in [0.3, 0.4) is 0 Å². The first-order valence-electron chi connectivity index (χ1n) is 11.6. The average molecular weight is 540 g/mol. The van der Waals surface area contributed by atoms with Gasteiger partial charge in [-0.1, -0.05) is 60.7 Å². The quantitative estimate of drug-likeness (QED) is 0.175. The minimum atomic E-state index is -2.61. The lowest BCUT2D eigenvalue weighted by atomic mass is 9.98. The number of nitro benzene ring substituents is 1. The standard InChI is InChI=1S/C26H25N2O9P/c1-16(17-8-6-7-13-24(17)28(32)33)37-38(34)36-15-23(25(29)30)27-26(31)35-14-22-20-11-4-2-9-18(20)19-10-3-5-12-21(19)22/h2-13,16,22-23,34H,14-15H2,1H3,(H,27,31)(H,29,30). The minimum Gasteiger partial charge on any atom is -0.480 e. The van der Waals surface area contributed by atoms with Gasteiger partial charge >= 0.3 is 20.7 Å². The molecule has 0 fully saturated rings. The van der Waals surface area contributed by atoms with Crippen LogP contribution in [0.1, 0.15) is 35.6 Å². The Bertz CT molecular complexity index is 1290. The molecule has 0 spiro atoms. The van der Waals surface area contributed by atoms with Crippen LogP contribution in [0.15, 0.2) is 72.8 Å². The van der Waals surface area contributed by atoms with Crippen molar-refractivity contribution in [2.75, 3.05) is 13.2 Å². The summed E-state index contributed by atoms with van der Waals surface area (Å²) in [5, 5.41) is 22.9. The van der Waals surface area contributed by atoms with Gasteiger partial charge in [0.2, 0.25) is 0 Å². The van der Waals surface area contributed by atoms with Crippen LogP contribution in [0.2, 0.25) is 0 Å². The predicted octanol–water partition coefficient (Wildman–Crippen LogP) is 4.90. The van der Waals surface area contributed by atoms with Crippen molar-refractivity contribution in [1.82, 2.24) is 5.32 Å². The molecule has 0 saturated heterocycles. The van der Waals surface area contributed by atoms with Crippen LogP contribution in [0.5, 0.6) is 0 Å². The van der Waals surface area contributed by atoms with Gasteiger partial charge in [0.25, 0.3) is 5.69 Å². The van der Waals surface area contributed by atoms with Crippen molar-refractivity contribution in [3.05, 3.63) is 99.6 Å². The molecule has 4 rings (SSSR count). The highest BCUT2D eigenvalue weighted by Crippen LogP contribution is 2.44. The third-order valence-electron chi connectivity index (χ3n) is 6.11. The topological polar surface area (TPSA) is 157 Å². The van der Waals surface area contributed by atoms with E-state index in [1.807, 2.05) is 48.5 Å². The fourth-order valence-corrected chi connectivity index (χ4v) is 5.04. The van der Waals surface area contributed by atoms with Crippen LogP contribution < -0.4 is 5.32 Å². The number of carboxylic acids is 1. The first-order valence-corrected chi connectivity index (χ1v) is 12.8. The summed E-state index contributed by atoms with van der Waals surface area (Å²) in [6.45, 7) is 0.864. The van der Waals surface area contributed by atoms with Gasteiger partial charge in [0.05, 0.1) is 23.2 Å². The molecule has 0 radical (unpaired) electrons. The first-order chi connectivity index (χ1) is 18.3. The fourth-order valence-electron chi connectivity index (χ4n) is 4.32. The van der Waals surface area contributed by atoms with E-state index in [1.54, 1.807) is 6.07 Å². The number of hydrogen-bond donors (Lipinski definition) is 3. The monoisotopic (exact) mass is 540 g/mol. The molecule has 1 aliphatic carbocycles. The molecule has 1 amide bonds. The van der Waals surface area contributed by atoms with Crippen molar-refractivity contribution in [1.29, 1.82) is 0 Å². The van der Waals surface area contributed by atoms with Gasteiger partial charge in [-0.05, 0) is 35.2 Å². The Morgan fingerprint density at radius 1 is 1.03 bits per heavy atom. The molecular weight excluding hydrogens is 515 g/mol. The summed E-state index contributed by atoms with van der Waals surface area (Å²) in [6, 6.07) is 19.9. The Kier molecular flexibility index (Phi) is 8.65. The van der Waals surface area contributed by atoms with Gasteiger partial charge in [0, 0.05) is 12.0 Å². The van der Waals surface area contributed by atoms with Crippen molar-refractivity contribution in [3.8, 4) is 11.1 Å². The van der Waals surface area contributed by atoms with Gasteiger partial charge in [0.1, 0.15) is 6.61 Å². The van der Waals surface area contributed by atoms with Crippen LogP contribution in [-0.2, 0) is 18.6 Å². The number of carboxylic acid groups (broad SMARTS) is 1. The first kappa shape index (κ1) is 27.2. The molecule has 3 unspecified atom stereocenters. The molecule has 0 saturated carbocycles. The molecule has 12 heteroatoms. The number of hydrogen-bond acceptors (Lipinski definition) is 8. The van der Waals surface area contributed by atoms with E-state index in [0.29, 0.717) is 0 Å². The number of amides is 1. The van der Waals surface area contributed by atoms with Crippen molar-refractivity contribution in [3.63, 3.8) is 0 Å². The van der Waals surface area contributed by atoms with Crippen LogP contribution in [-0.4, -0.2) is 46.2 Å².